The number of nitrogens with one attached hydrogen (secondary N) is 1. The molecule has 1 unspecified atom stereocenters. The van der Waals surface area contributed by atoms with E-state index in [-0.39, 0.29) is 0 Å². The van der Waals surface area contributed by atoms with E-state index in [2.05, 4.69) is 0 Å². The zero-order valence-electron chi connectivity index (χ0n) is 15.1. The summed E-state index contributed by atoms with van der Waals surface area (Å²) in [6.45, 7) is 0. The highest BCUT2D eigenvalue weighted by atomic mass is 32.2. The normalized spacial score (nSPS) is 16.4. The van der Waals surface area contributed by atoms with Crippen molar-refractivity contribution in [3.05, 3.63) is 30.3 Å². The van der Waals surface area contributed by atoms with Crippen molar-refractivity contribution in [1.82, 2.24) is 0 Å². The van der Waals surface area contributed by atoms with Gasteiger partial charge in [-0.3, -0.25) is 4.72 Å². The molecule has 2 nitrogen and oxygen atoms in total. The van der Waals surface area contributed by atoms with Gasteiger partial charge in [0.15, 0.2) is 11.0 Å². The topological polar surface area (TPSA) is 29.1 Å². The molecule has 0 saturated heterocycles. The van der Waals surface area contributed by atoms with Crippen LogP contribution in [0, 0.1) is 0 Å². The Hall–Kier alpha value is -2.02. The van der Waals surface area contributed by atoms with Crippen molar-refractivity contribution in [2.24, 2.45) is 0 Å². The molecule has 1 atom stereocenters. The molecule has 0 aliphatic heterocycles. The number of para-hydroxylation sites is 1. The van der Waals surface area contributed by atoms with Gasteiger partial charge in [0.2, 0.25) is 0 Å². The summed E-state index contributed by atoms with van der Waals surface area (Å²) in [5, 5.41) is -7.03. The summed E-state index contributed by atoms with van der Waals surface area (Å²) >= 11 is 0. The van der Waals surface area contributed by atoms with Crippen molar-refractivity contribution in [1.29, 1.82) is 0 Å². The summed E-state index contributed by atoms with van der Waals surface area (Å²) < 4.78 is 235. The highest BCUT2D eigenvalue weighted by Gasteiger charge is 2.95. The van der Waals surface area contributed by atoms with E-state index in [1.165, 1.54) is 0 Å². The summed E-state index contributed by atoms with van der Waals surface area (Å²) in [4.78, 5) is 0. The summed E-state index contributed by atoms with van der Waals surface area (Å²) in [7, 11) is -4.92. The lowest BCUT2D eigenvalue weighted by molar-refractivity contribution is -0.458. The molecule has 0 saturated carbocycles. The lowest BCUT2D eigenvalue weighted by Crippen LogP contribution is -2.74. The molecular weight excluding hydrogens is 553 g/mol. The Kier molecular flexibility index (Phi) is 7.31. The number of benzene rings is 1. The standard InChI is InChI=1S/C14H6F17NOS/c15-7(16,9(19,20)11(23,24)13(27,28)29)8(17,18)10(21,22)12(25,26)14(30,31)34(33)32-6-4-2-1-3-5-6/h1-5,32H. The molecule has 0 aliphatic rings. The van der Waals surface area contributed by atoms with Gasteiger partial charge < -0.3 is 0 Å². The van der Waals surface area contributed by atoms with Gasteiger partial charge in [-0.2, -0.15) is 74.6 Å². The van der Waals surface area contributed by atoms with Crippen LogP contribution in [0.2, 0.25) is 0 Å². The van der Waals surface area contributed by atoms with E-state index in [9.17, 15) is 78.8 Å². The third-order valence-electron chi connectivity index (χ3n) is 3.91. The first kappa shape index (κ1) is 30.0. The molecule has 0 fully saturated rings. The number of hydrogen-bond acceptors (Lipinski definition) is 1. The average molecular weight is 559 g/mol. The molecule has 1 aromatic carbocycles. The molecule has 1 rings (SSSR count). The van der Waals surface area contributed by atoms with Crippen LogP contribution in [-0.4, -0.2) is 51.2 Å². The summed E-state index contributed by atoms with van der Waals surface area (Å²) in [6, 6.07) is 4.32. The van der Waals surface area contributed by atoms with Crippen molar-refractivity contribution in [3.8, 4) is 0 Å². The maximum atomic E-state index is 13.7. The summed E-state index contributed by atoms with van der Waals surface area (Å²) in [5.74, 6) is -50.7. The van der Waals surface area contributed by atoms with Gasteiger partial charge in [-0.1, -0.05) is 18.2 Å². The molecule has 20 heteroatoms. The minimum absolute atomic E-state index is 0.660. The van der Waals surface area contributed by atoms with Crippen LogP contribution >= 0.6 is 0 Å². The highest BCUT2D eigenvalue weighted by molar-refractivity contribution is 7.87. The van der Waals surface area contributed by atoms with Crippen molar-refractivity contribution in [2.45, 2.75) is 47.0 Å². The highest BCUT2D eigenvalue weighted by Crippen LogP contribution is 2.64. The second-order valence-corrected chi connectivity index (χ2v) is 7.45. The SMILES string of the molecule is O=S(Nc1ccccc1)C(F)(F)C(F)(F)C(F)(F)C(F)(F)C(F)(F)C(F)(F)C(F)(F)C(F)(F)F. The van der Waals surface area contributed by atoms with E-state index in [1.54, 1.807) is 0 Å². The van der Waals surface area contributed by atoms with Gasteiger partial charge in [0, 0.05) is 5.69 Å². The third kappa shape index (κ3) is 4.04. The minimum atomic E-state index is -8.73. The number of hydrogen-bond donors (Lipinski definition) is 1. The van der Waals surface area contributed by atoms with Gasteiger partial charge in [-0.15, -0.1) is 0 Å². The largest absolute Gasteiger partial charge is 0.460 e. The number of anilines is 1. The smallest absolute Gasteiger partial charge is 0.300 e. The molecule has 0 aliphatic carbocycles. The molecule has 34 heavy (non-hydrogen) atoms. The molecule has 1 N–H and O–H groups in total. The monoisotopic (exact) mass is 559 g/mol. The minimum Gasteiger partial charge on any atom is -0.300 e. The Bertz CT molecular complexity index is 895. The van der Waals surface area contributed by atoms with Gasteiger partial charge >= 0.3 is 47.0 Å². The zero-order valence-corrected chi connectivity index (χ0v) is 15.9. The Morgan fingerprint density at radius 1 is 0.500 bits per heavy atom. The van der Waals surface area contributed by atoms with E-state index in [4.69, 9.17) is 0 Å². The predicted octanol–water partition coefficient (Wildman–Crippen LogP) is 6.73. The Labute approximate surface area is 178 Å². The molecule has 0 amide bonds. The first-order valence-electron chi connectivity index (χ1n) is 7.70. The van der Waals surface area contributed by atoms with Crippen LogP contribution in [0.25, 0.3) is 0 Å². The van der Waals surface area contributed by atoms with Gasteiger partial charge in [0.05, 0.1) is 0 Å². The third-order valence-corrected chi connectivity index (χ3v) is 5.05. The van der Waals surface area contributed by atoms with Crippen molar-refractivity contribution in [2.75, 3.05) is 4.72 Å². The molecule has 0 heterocycles. The first-order valence-corrected chi connectivity index (χ1v) is 8.85. The van der Waals surface area contributed by atoms with E-state index >= 15 is 0 Å². The Balaban J connectivity index is 3.57. The first-order chi connectivity index (χ1) is 14.7. The average Bonchev–Trinajstić information content (AvgIpc) is 2.66. The second-order valence-electron chi connectivity index (χ2n) is 6.20. The van der Waals surface area contributed by atoms with Gasteiger partial charge in [-0.05, 0) is 12.1 Å². The van der Waals surface area contributed by atoms with Crippen molar-refractivity contribution >= 4 is 16.7 Å². The van der Waals surface area contributed by atoms with E-state index in [0.29, 0.717) is 12.1 Å². The van der Waals surface area contributed by atoms with Crippen LogP contribution in [0.4, 0.5) is 80.3 Å². The molecule has 1 aromatic rings. The van der Waals surface area contributed by atoms with Crippen LogP contribution in [0.3, 0.4) is 0 Å². The number of rotatable bonds is 9. The summed E-state index contributed by atoms with van der Waals surface area (Å²) in [6.07, 6.45) is -7.82. The van der Waals surface area contributed by atoms with Crippen LogP contribution in [0.5, 0.6) is 0 Å². The van der Waals surface area contributed by atoms with Crippen LogP contribution < -0.4 is 4.72 Å². The fourth-order valence-corrected chi connectivity index (χ4v) is 2.78. The molecular formula is C14H6F17NOS. The van der Waals surface area contributed by atoms with Crippen molar-refractivity contribution in [3.63, 3.8) is 0 Å². The maximum absolute atomic E-state index is 13.7. The summed E-state index contributed by atoms with van der Waals surface area (Å²) in [5.41, 5.74) is -0.840. The number of alkyl halides is 17. The maximum Gasteiger partial charge on any atom is 0.460 e. The molecule has 0 spiro atoms. The fourth-order valence-electron chi connectivity index (χ4n) is 1.94. The van der Waals surface area contributed by atoms with Crippen molar-refractivity contribution < 1.29 is 78.8 Å². The molecule has 0 aromatic heterocycles. The molecule has 0 radical (unpaired) electrons. The van der Waals surface area contributed by atoms with Crippen LogP contribution in [0.1, 0.15) is 0 Å². The van der Waals surface area contributed by atoms with Crippen LogP contribution in [-0.2, 0) is 11.0 Å². The van der Waals surface area contributed by atoms with Gasteiger partial charge in [0.1, 0.15) is 0 Å². The number of halogens is 17. The van der Waals surface area contributed by atoms with E-state index in [0.717, 1.165) is 22.9 Å². The second kappa shape index (κ2) is 8.28. The lowest BCUT2D eigenvalue weighted by atomic mass is 9.91. The fraction of sp³-hybridized carbons (Fsp3) is 0.571. The van der Waals surface area contributed by atoms with E-state index < -0.39 is 63.6 Å². The Morgan fingerprint density at radius 3 is 1.18 bits per heavy atom. The van der Waals surface area contributed by atoms with Crippen LogP contribution in [0.15, 0.2) is 30.3 Å². The Morgan fingerprint density at radius 2 is 0.824 bits per heavy atom. The van der Waals surface area contributed by atoms with Gasteiger partial charge in [0.25, 0.3) is 0 Å². The quantitative estimate of drug-likeness (QED) is 0.335. The van der Waals surface area contributed by atoms with E-state index in [1.807, 2.05) is 0 Å². The lowest BCUT2D eigenvalue weighted by Gasteiger charge is -2.42. The molecule has 0 bridgehead atoms. The molecule has 198 valence electrons. The van der Waals surface area contributed by atoms with Gasteiger partial charge in [-0.25, -0.2) is 4.21 Å². The predicted molar refractivity (Wildman–Crippen MR) is 78.9 cm³/mol. The zero-order chi connectivity index (χ0) is 27.4.